The van der Waals surface area contributed by atoms with Crippen LogP contribution >= 0.6 is 11.6 Å². The maximum Gasteiger partial charge on any atom is 0.302 e. The number of carbonyl (C=O) groups excluding carboxylic acids is 1. The SMILES string of the molecule is CCCCCC(Cl)CCCCCCCCOC(C)=O. The van der Waals surface area contributed by atoms with Gasteiger partial charge in [0.2, 0.25) is 0 Å². The fourth-order valence-electron chi connectivity index (χ4n) is 2.15. The molecule has 0 spiro atoms. The molecular weight excluding hydrogens is 260 g/mol. The van der Waals surface area contributed by atoms with Gasteiger partial charge >= 0.3 is 5.97 Å². The molecule has 0 fully saturated rings. The lowest BCUT2D eigenvalue weighted by Crippen LogP contribution is -2.00. The van der Waals surface area contributed by atoms with Crippen molar-refractivity contribution >= 4 is 17.6 Å². The highest BCUT2D eigenvalue weighted by molar-refractivity contribution is 6.20. The van der Waals surface area contributed by atoms with Crippen LogP contribution in [0, 0.1) is 0 Å². The summed E-state index contributed by atoms with van der Waals surface area (Å²) in [5.41, 5.74) is 0. The van der Waals surface area contributed by atoms with Crippen molar-refractivity contribution in [2.24, 2.45) is 0 Å². The number of unbranched alkanes of at least 4 members (excludes halogenated alkanes) is 7. The molecule has 0 saturated heterocycles. The average Bonchev–Trinajstić information content (AvgIpc) is 2.36. The molecule has 0 aliphatic heterocycles. The summed E-state index contributed by atoms with van der Waals surface area (Å²) >= 11 is 6.28. The van der Waals surface area contributed by atoms with Gasteiger partial charge in [-0.3, -0.25) is 4.79 Å². The van der Waals surface area contributed by atoms with Gasteiger partial charge in [0.1, 0.15) is 0 Å². The van der Waals surface area contributed by atoms with E-state index in [1.165, 1.54) is 64.7 Å². The van der Waals surface area contributed by atoms with Crippen LogP contribution in [-0.2, 0) is 9.53 Å². The standard InChI is InChI=1S/C16H31ClO2/c1-3-4-9-12-16(17)13-10-7-5-6-8-11-14-19-15(2)18/h16H,3-14H2,1-2H3. The molecule has 3 heteroatoms. The minimum atomic E-state index is -0.170. The highest BCUT2D eigenvalue weighted by Gasteiger charge is 2.03. The Hall–Kier alpha value is -0.240. The molecule has 19 heavy (non-hydrogen) atoms. The van der Waals surface area contributed by atoms with E-state index < -0.39 is 0 Å². The van der Waals surface area contributed by atoms with Crippen molar-refractivity contribution in [2.75, 3.05) is 6.61 Å². The fraction of sp³-hybridized carbons (Fsp3) is 0.938. The molecule has 1 atom stereocenters. The van der Waals surface area contributed by atoms with Crippen molar-refractivity contribution in [3.63, 3.8) is 0 Å². The Morgan fingerprint density at radius 3 is 2.05 bits per heavy atom. The molecule has 0 aromatic carbocycles. The van der Waals surface area contributed by atoms with E-state index in [4.69, 9.17) is 16.3 Å². The second-order valence-electron chi connectivity index (χ2n) is 5.34. The zero-order valence-electron chi connectivity index (χ0n) is 12.8. The van der Waals surface area contributed by atoms with E-state index in [0.29, 0.717) is 12.0 Å². The molecule has 0 saturated carbocycles. The van der Waals surface area contributed by atoms with Gasteiger partial charge in [-0.25, -0.2) is 0 Å². The Morgan fingerprint density at radius 1 is 0.947 bits per heavy atom. The van der Waals surface area contributed by atoms with Crippen LogP contribution in [-0.4, -0.2) is 18.0 Å². The monoisotopic (exact) mass is 290 g/mol. The second kappa shape index (κ2) is 14.2. The number of rotatable bonds is 13. The summed E-state index contributed by atoms with van der Waals surface area (Å²) in [6.07, 6.45) is 13.4. The van der Waals surface area contributed by atoms with E-state index >= 15 is 0 Å². The van der Waals surface area contributed by atoms with Crippen LogP contribution in [0.1, 0.15) is 84.5 Å². The topological polar surface area (TPSA) is 26.3 Å². The van der Waals surface area contributed by atoms with E-state index in [-0.39, 0.29) is 5.97 Å². The quantitative estimate of drug-likeness (QED) is 0.255. The molecule has 0 aliphatic carbocycles. The second-order valence-corrected chi connectivity index (χ2v) is 5.96. The first-order valence-corrected chi connectivity index (χ1v) is 8.38. The van der Waals surface area contributed by atoms with Gasteiger partial charge in [-0.1, -0.05) is 58.3 Å². The summed E-state index contributed by atoms with van der Waals surface area (Å²) in [5, 5.41) is 0.385. The first-order chi connectivity index (χ1) is 9.16. The van der Waals surface area contributed by atoms with Crippen LogP contribution in [0.2, 0.25) is 0 Å². The summed E-state index contributed by atoms with van der Waals surface area (Å²) in [4.78, 5) is 10.5. The third-order valence-electron chi connectivity index (χ3n) is 3.34. The van der Waals surface area contributed by atoms with Crippen LogP contribution in [0.5, 0.6) is 0 Å². The number of carbonyl (C=O) groups is 1. The first-order valence-electron chi connectivity index (χ1n) is 7.94. The Bertz CT molecular complexity index is 207. The van der Waals surface area contributed by atoms with Gasteiger partial charge in [0.25, 0.3) is 0 Å². The van der Waals surface area contributed by atoms with Gasteiger partial charge in [-0.15, -0.1) is 11.6 Å². The Balaban J connectivity index is 3.11. The molecule has 114 valence electrons. The Labute approximate surface area is 124 Å². The number of ether oxygens (including phenoxy) is 1. The fourth-order valence-corrected chi connectivity index (χ4v) is 2.46. The lowest BCUT2D eigenvalue weighted by Gasteiger charge is -2.08. The zero-order valence-corrected chi connectivity index (χ0v) is 13.5. The first kappa shape index (κ1) is 18.8. The van der Waals surface area contributed by atoms with Crippen molar-refractivity contribution in [2.45, 2.75) is 89.9 Å². The van der Waals surface area contributed by atoms with Crippen molar-refractivity contribution in [3.8, 4) is 0 Å². The van der Waals surface area contributed by atoms with Crippen LogP contribution in [0.4, 0.5) is 0 Å². The molecule has 0 aromatic rings. The molecule has 0 aromatic heterocycles. The normalized spacial score (nSPS) is 12.4. The molecular formula is C16H31ClO2. The van der Waals surface area contributed by atoms with Gasteiger partial charge < -0.3 is 4.74 Å². The van der Waals surface area contributed by atoms with Crippen molar-refractivity contribution in [3.05, 3.63) is 0 Å². The number of hydrogen-bond acceptors (Lipinski definition) is 2. The van der Waals surface area contributed by atoms with E-state index in [1.54, 1.807) is 0 Å². The van der Waals surface area contributed by atoms with Crippen LogP contribution < -0.4 is 0 Å². The molecule has 0 amide bonds. The largest absolute Gasteiger partial charge is 0.466 e. The highest BCUT2D eigenvalue weighted by atomic mass is 35.5. The molecule has 0 bridgehead atoms. The number of esters is 1. The third kappa shape index (κ3) is 15.7. The predicted molar refractivity (Wildman–Crippen MR) is 82.7 cm³/mol. The number of halogens is 1. The Kier molecular flexibility index (Phi) is 14.0. The molecule has 0 radical (unpaired) electrons. The Morgan fingerprint density at radius 2 is 1.47 bits per heavy atom. The average molecular weight is 291 g/mol. The van der Waals surface area contributed by atoms with E-state index in [0.717, 1.165) is 12.8 Å². The lowest BCUT2D eigenvalue weighted by molar-refractivity contribution is -0.141. The van der Waals surface area contributed by atoms with Gasteiger partial charge in [-0.05, 0) is 19.3 Å². The van der Waals surface area contributed by atoms with Crippen molar-refractivity contribution in [1.82, 2.24) is 0 Å². The van der Waals surface area contributed by atoms with Gasteiger partial charge in [0.05, 0.1) is 6.61 Å². The summed E-state index contributed by atoms with van der Waals surface area (Å²) in [6.45, 7) is 4.27. The van der Waals surface area contributed by atoms with E-state index in [9.17, 15) is 4.79 Å². The molecule has 0 rings (SSSR count). The molecule has 0 N–H and O–H groups in total. The highest BCUT2D eigenvalue weighted by Crippen LogP contribution is 2.17. The predicted octanol–water partition coefficient (Wildman–Crippen LogP) is 5.47. The number of alkyl halides is 1. The number of hydrogen-bond donors (Lipinski definition) is 0. The van der Waals surface area contributed by atoms with Gasteiger partial charge in [0, 0.05) is 12.3 Å². The third-order valence-corrected chi connectivity index (χ3v) is 3.77. The molecule has 0 aliphatic rings. The van der Waals surface area contributed by atoms with Crippen LogP contribution in [0.15, 0.2) is 0 Å². The van der Waals surface area contributed by atoms with Gasteiger partial charge in [0.15, 0.2) is 0 Å². The summed E-state index contributed by atoms with van der Waals surface area (Å²) in [5.74, 6) is -0.170. The smallest absolute Gasteiger partial charge is 0.302 e. The minimum Gasteiger partial charge on any atom is -0.466 e. The summed E-state index contributed by atoms with van der Waals surface area (Å²) < 4.78 is 4.89. The zero-order chi connectivity index (χ0) is 14.3. The summed E-state index contributed by atoms with van der Waals surface area (Å²) in [7, 11) is 0. The molecule has 1 unspecified atom stereocenters. The maximum absolute atomic E-state index is 10.5. The van der Waals surface area contributed by atoms with Crippen molar-refractivity contribution < 1.29 is 9.53 Å². The van der Waals surface area contributed by atoms with E-state index in [1.807, 2.05) is 0 Å². The van der Waals surface area contributed by atoms with Crippen LogP contribution in [0.3, 0.4) is 0 Å². The minimum absolute atomic E-state index is 0.170. The van der Waals surface area contributed by atoms with E-state index in [2.05, 4.69) is 6.92 Å². The van der Waals surface area contributed by atoms with Crippen molar-refractivity contribution in [1.29, 1.82) is 0 Å². The molecule has 0 heterocycles. The summed E-state index contributed by atoms with van der Waals surface area (Å²) in [6, 6.07) is 0. The van der Waals surface area contributed by atoms with Gasteiger partial charge in [-0.2, -0.15) is 0 Å². The lowest BCUT2D eigenvalue weighted by atomic mass is 10.0. The molecule has 2 nitrogen and oxygen atoms in total. The van der Waals surface area contributed by atoms with Crippen LogP contribution in [0.25, 0.3) is 0 Å². The maximum atomic E-state index is 10.5.